The van der Waals surface area contributed by atoms with E-state index in [0.29, 0.717) is 0 Å². The summed E-state index contributed by atoms with van der Waals surface area (Å²) in [4.78, 5) is 17.3. The smallest absolute Gasteiger partial charge is 0.253 e. The lowest BCUT2D eigenvalue weighted by Gasteiger charge is -2.34. The Balaban J connectivity index is 1.30. The number of hydrogen-bond donors (Lipinski definition) is 0. The fourth-order valence-electron chi connectivity index (χ4n) is 4.08. The lowest BCUT2D eigenvalue weighted by Crippen LogP contribution is -2.48. The van der Waals surface area contributed by atoms with Crippen LogP contribution in [0.25, 0.3) is 6.08 Å². The summed E-state index contributed by atoms with van der Waals surface area (Å²) in [6, 6.07) is 16.7. The van der Waals surface area contributed by atoms with Crippen molar-refractivity contribution >= 4 is 12.0 Å². The van der Waals surface area contributed by atoms with Gasteiger partial charge in [0.1, 0.15) is 0 Å². The molecule has 2 aromatic rings. The summed E-state index contributed by atoms with van der Waals surface area (Å²) in [6.45, 7) is 4.45. The molecule has 1 saturated heterocycles. The number of hydrogen-bond acceptors (Lipinski definition) is 2. The summed E-state index contributed by atoms with van der Waals surface area (Å²) in [5.41, 5.74) is 4.93. The van der Waals surface area contributed by atoms with Crippen LogP contribution in [0.15, 0.2) is 54.6 Å². The van der Waals surface area contributed by atoms with Gasteiger partial charge in [0.25, 0.3) is 5.91 Å². The van der Waals surface area contributed by atoms with Crippen molar-refractivity contribution in [3.8, 4) is 0 Å². The lowest BCUT2D eigenvalue weighted by atomic mass is 9.90. The standard InChI is InChI=1S/C24H28N2O/c27-24(23-13-12-21-10-4-5-11-22(21)19-23)26-17-15-25(16-18-26)14-6-9-20-7-2-1-3-8-20/h1-3,6-9,12-13,19H,4-5,10-11,14-18H2/b9-6+. The fourth-order valence-corrected chi connectivity index (χ4v) is 4.08. The zero-order valence-electron chi connectivity index (χ0n) is 15.9. The average Bonchev–Trinajstić information content (AvgIpc) is 2.74. The van der Waals surface area contributed by atoms with E-state index in [2.05, 4.69) is 53.5 Å². The number of carbonyl (C=O) groups is 1. The highest BCUT2D eigenvalue weighted by Gasteiger charge is 2.22. The summed E-state index contributed by atoms with van der Waals surface area (Å²) in [6.07, 6.45) is 9.21. The topological polar surface area (TPSA) is 23.6 Å². The molecule has 3 nitrogen and oxygen atoms in total. The first-order valence-corrected chi connectivity index (χ1v) is 10.1. The van der Waals surface area contributed by atoms with E-state index in [1.54, 1.807) is 0 Å². The van der Waals surface area contributed by atoms with Crippen LogP contribution in [0.3, 0.4) is 0 Å². The Kier molecular flexibility index (Phi) is 5.69. The van der Waals surface area contributed by atoms with Gasteiger partial charge in [-0.1, -0.05) is 48.6 Å². The van der Waals surface area contributed by atoms with E-state index >= 15 is 0 Å². The molecule has 4 rings (SSSR count). The highest BCUT2D eigenvalue weighted by atomic mass is 16.2. The van der Waals surface area contributed by atoms with Crippen LogP contribution in [-0.4, -0.2) is 48.4 Å². The molecule has 0 atom stereocenters. The first-order valence-electron chi connectivity index (χ1n) is 10.1. The molecule has 2 aliphatic rings. The maximum Gasteiger partial charge on any atom is 0.253 e. The molecule has 0 spiro atoms. The molecule has 0 aromatic heterocycles. The normalized spacial score (nSPS) is 17.9. The third-order valence-electron chi connectivity index (χ3n) is 5.73. The van der Waals surface area contributed by atoms with Crippen LogP contribution in [0.4, 0.5) is 0 Å². The number of benzene rings is 2. The molecular formula is C24H28N2O. The largest absolute Gasteiger partial charge is 0.336 e. The van der Waals surface area contributed by atoms with Gasteiger partial charge in [-0.05, 0) is 54.5 Å². The van der Waals surface area contributed by atoms with Crippen molar-refractivity contribution in [2.24, 2.45) is 0 Å². The number of fused-ring (bicyclic) bond motifs is 1. The van der Waals surface area contributed by atoms with Crippen molar-refractivity contribution < 1.29 is 4.79 Å². The maximum absolute atomic E-state index is 12.9. The lowest BCUT2D eigenvalue weighted by molar-refractivity contribution is 0.0650. The number of carbonyl (C=O) groups excluding carboxylic acids is 1. The molecule has 1 fully saturated rings. The molecule has 2 aromatic carbocycles. The number of rotatable bonds is 4. The zero-order chi connectivity index (χ0) is 18.5. The van der Waals surface area contributed by atoms with Gasteiger partial charge >= 0.3 is 0 Å². The van der Waals surface area contributed by atoms with Gasteiger partial charge in [-0.2, -0.15) is 0 Å². The van der Waals surface area contributed by atoms with Crippen LogP contribution in [-0.2, 0) is 12.8 Å². The van der Waals surface area contributed by atoms with E-state index in [-0.39, 0.29) is 5.91 Å². The van der Waals surface area contributed by atoms with E-state index in [1.165, 1.54) is 36.0 Å². The summed E-state index contributed by atoms with van der Waals surface area (Å²) in [5.74, 6) is 0.197. The summed E-state index contributed by atoms with van der Waals surface area (Å²) in [7, 11) is 0. The average molecular weight is 361 g/mol. The molecule has 27 heavy (non-hydrogen) atoms. The second-order valence-electron chi connectivity index (χ2n) is 7.60. The van der Waals surface area contributed by atoms with E-state index in [1.807, 2.05) is 17.0 Å². The van der Waals surface area contributed by atoms with Crippen molar-refractivity contribution in [1.29, 1.82) is 0 Å². The second-order valence-corrected chi connectivity index (χ2v) is 7.60. The molecule has 1 amide bonds. The van der Waals surface area contributed by atoms with Gasteiger partial charge in [0.2, 0.25) is 0 Å². The molecular weight excluding hydrogens is 332 g/mol. The third-order valence-corrected chi connectivity index (χ3v) is 5.73. The Hall–Kier alpha value is -2.39. The van der Waals surface area contributed by atoms with Gasteiger partial charge in [-0.15, -0.1) is 0 Å². The summed E-state index contributed by atoms with van der Waals surface area (Å²) >= 11 is 0. The van der Waals surface area contributed by atoms with Gasteiger partial charge in [-0.3, -0.25) is 9.69 Å². The predicted octanol–water partition coefficient (Wildman–Crippen LogP) is 4.04. The van der Waals surface area contributed by atoms with Crippen LogP contribution in [0.2, 0.25) is 0 Å². The van der Waals surface area contributed by atoms with Crippen molar-refractivity contribution in [2.45, 2.75) is 25.7 Å². The fraction of sp³-hybridized carbons (Fsp3) is 0.375. The van der Waals surface area contributed by atoms with Crippen molar-refractivity contribution in [1.82, 2.24) is 9.80 Å². The Bertz CT molecular complexity index is 804. The minimum Gasteiger partial charge on any atom is -0.336 e. The van der Waals surface area contributed by atoms with Crippen molar-refractivity contribution in [2.75, 3.05) is 32.7 Å². The van der Waals surface area contributed by atoms with Crippen LogP contribution in [0, 0.1) is 0 Å². The monoisotopic (exact) mass is 360 g/mol. The molecule has 0 bridgehead atoms. The summed E-state index contributed by atoms with van der Waals surface area (Å²) < 4.78 is 0. The first-order chi connectivity index (χ1) is 13.3. The predicted molar refractivity (Wildman–Crippen MR) is 111 cm³/mol. The Morgan fingerprint density at radius 3 is 2.41 bits per heavy atom. The van der Waals surface area contributed by atoms with E-state index in [0.717, 1.165) is 44.7 Å². The molecule has 3 heteroatoms. The van der Waals surface area contributed by atoms with Gasteiger partial charge in [-0.25, -0.2) is 0 Å². The van der Waals surface area contributed by atoms with Crippen LogP contribution in [0.5, 0.6) is 0 Å². The van der Waals surface area contributed by atoms with Gasteiger partial charge in [0.15, 0.2) is 0 Å². The Labute approximate surface area is 162 Å². The summed E-state index contributed by atoms with van der Waals surface area (Å²) in [5, 5.41) is 0. The van der Waals surface area contributed by atoms with Crippen LogP contribution < -0.4 is 0 Å². The minimum atomic E-state index is 0.197. The molecule has 0 radical (unpaired) electrons. The van der Waals surface area contributed by atoms with Crippen LogP contribution >= 0.6 is 0 Å². The number of amides is 1. The van der Waals surface area contributed by atoms with Gasteiger partial charge in [0.05, 0.1) is 0 Å². The molecule has 0 unspecified atom stereocenters. The molecule has 1 aliphatic carbocycles. The van der Waals surface area contributed by atoms with E-state index in [4.69, 9.17) is 0 Å². The van der Waals surface area contributed by atoms with E-state index < -0.39 is 0 Å². The zero-order valence-corrected chi connectivity index (χ0v) is 15.9. The number of nitrogens with zero attached hydrogens (tertiary/aromatic N) is 2. The highest BCUT2D eigenvalue weighted by Crippen LogP contribution is 2.23. The SMILES string of the molecule is O=C(c1ccc2c(c1)CCCC2)N1CCN(C/C=C/c2ccccc2)CC1. The molecule has 1 heterocycles. The highest BCUT2D eigenvalue weighted by molar-refractivity contribution is 5.94. The van der Waals surface area contributed by atoms with Gasteiger partial charge < -0.3 is 4.90 Å². The Morgan fingerprint density at radius 1 is 0.889 bits per heavy atom. The van der Waals surface area contributed by atoms with E-state index in [9.17, 15) is 4.79 Å². The molecule has 0 N–H and O–H groups in total. The quantitative estimate of drug-likeness (QED) is 0.822. The van der Waals surface area contributed by atoms with Crippen LogP contribution in [0.1, 0.15) is 39.9 Å². The number of aryl methyl sites for hydroxylation is 2. The minimum absolute atomic E-state index is 0.197. The second kappa shape index (κ2) is 8.53. The van der Waals surface area contributed by atoms with Crippen molar-refractivity contribution in [3.63, 3.8) is 0 Å². The van der Waals surface area contributed by atoms with Crippen molar-refractivity contribution in [3.05, 3.63) is 76.9 Å². The Morgan fingerprint density at radius 2 is 1.63 bits per heavy atom. The molecule has 1 aliphatic heterocycles. The third kappa shape index (κ3) is 4.48. The van der Waals surface area contributed by atoms with Gasteiger partial charge in [0, 0.05) is 38.3 Å². The molecule has 0 saturated carbocycles. The maximum atomic E-state index is 12.9. The molecule has 140 valence electrons. The number of piperazine rings is 1. The first kappa shape index (κ1) is 18.0.